The fraction of sp³-hybridized carbons (Fsp3) is 0.647. The first-order valence-electron chi connectivity index (χ1n) is 8.98. The Morgan fingerprint density at radius 2 is 2.16 bits per heavy atom. The van der Waals surface area contributed by atoms with E-state index in [9.17, 15) is 0 Å². The van der Waals surface area contributed by atoms with Crippen molar-refractivity contribution >= 4 is 5.96 Å². The minimum atomic E-state index is 0.460. The van der Waals surface area contributed by atoms with E-state index in [0.29, 0.717) is 18.4 Å². The SMILES string of the molecule is CN=C(NCc1nccn1CC(C)C)N1CCC(c2ncn[nH]2)CC1. The summed E-state index contributed by atoms with van der Waals surface area (Å²) in [5, 5.41) is 10.4. The lowest BCUT2D eigenvalue weighted by atomic mass is 9.96. The maximum absolute atomic E-state index is 4.47. The number of aromatic amines is 1. The Bertz CT molecular complexity index is 665. The molecular formula is C17H28N8. The van der Waals surface area contributed by atoms with Crippen LogP contribution in [0.4, 0.5) is 0 Å². The Hall–Kier alpha value is -2.38. The van der Waals surface area contributed by atoms with Gasteiger partial charge in [0.05, 0.1) is 6.54 Å². The Kier molecular flexibility index (Phi) is 5.67. The van der Waals surface area contributed by atoms with Crippen LogP contribution in [0, 0.1) is 5.92 Å². The highest BCUT2D eigenvalue weighted by Gasteiger charge is 2.24. The summed E-state index contributed by atoms with van der Waals surface area (Å²) in [5.41, 5.74) is 0. The van der Waals surface area contributed by atoms with Gasteiger partial charge in [0.25, 0.3) is 0 Å². The third kappa shape index (κ3) is 4.37. The standard InChI is InChI=1S/C17H28N8/c1-13(2)11-25-9-6-19-15(25)10-20-17(18-3)24-7-4-14(5-8-24)16-21-12-22-23-16/h6,9,12-14H,4-5,7-8,10-11H2,1-3H3,(H,18,20)(H,21,22,23). The zero-order valence-corrected chi connectivity index (χ0v) is 15.3. The van der Waals surface area contributed by atoms with E-state index in [2.05, 4.69) is 53.8 Å². The van der Waals surface area contributed by atoms with Gasteiger partial charge in [-0.15, -0.1) is 0 Å². The number of guanidine groups is 1. The minimum absolute atomic E-state index is 0.460. The number of piperidine rings is 1. The van der Waals surface area contributed by atoms with Crippen LogP contribution in [0.3, 0.4) is 0 Å². The molecule has 3 rings (SSSR count). The minimum Gasteiger partial charge on any atom is -0.349 e. The highest BCUT2D eigenvalue weighted by atomic mass is 15.3. The molecule has 0 aliphatic carbocycles. The van der Waals surface area contributed by atoms with Crippen LogP contribution in [0.2, 0.25) is 0 Å². The average molecular weight is 344 g/mol. The zero-order chi connectivity index (χ0) is 17.6. The lowest BCUT2D eigenvalue weighted by molar-refractivity contribution is 0.298. The second kappa shape index (κ2) is 8.13. The van der Waals surface area contributed by atoms with Crippen LogP contribution < -0.4 is 5.32 Å². The molecule has 25 heavy (non-hydrogen) atoms. The highest BCUT2D eigenvalue weighted by Crippen LogP contribution is 2.24. The summed E-state index contributed by atoms with van der Waals surface area (Å²) in [6.45, 7) is 8.03. The Labute approximate surface area is 148 Å². The Morgan fingerprint density at radius 3 is 2.80 bits per heavy atom. The molecule has 2 aromatic rings. The van der Waals surface area contributed by atoms with Crippen LogP contribution in [0.15, 0.2) is 23.7 Å². The largest absolute Gasteiger partial charge is 0.349 e. The monoisotopic (exact) mass is 344 g/mol. The normalized spacial score (nSPS) is 16.6. The van der Waals surface area contributed by atoms with E-state index in [-0.39, 0.29) is 0 Å². The summed E-state index contributed by atoms with van der Waals surface area (Å²) in [5.74, 6) is 4.05. The molecule has 0 unspecified atom stereocenters. The average Bonchev–Trinajstić information content (AvgIpc) is 3.28. The van der Waals surface area contributed by atoms with Crippen molar-refractivity contribution in [3.8, 4) is 0 Å². The smallest absolute Gasteiger partial charge is 0.194 e. The number of hydrogen-bond acceptors (Lipinski definition) is 4. The Morgan fingerprint density at radius 1 is 1.36 bits per heavy atom. The molecule has 2 N–H and O–H groups in total. The number of aromatic nitrogens is 5. The zero-order valence-electron chi connectivity index (χ0n) is 15.3. The van der Waals surface area contributed by atoms with Crippen molar-refractivity contribution in [2.45, 2.75) is 45.7 Å². The predicted molar refractivity (Wildman–Crippen MR) is 97.2 cm³/mol. The molecule has 0 aromatic carbocycles. The topological polar surface area (TPSA) is 87.0 Å². The van der Waals surface area contributed by atoms with Gasteiger partial charge in [0, 0.05) is 45.0 Å². The first-order chi connectivity index (χ1) is 12.2. The molecule has 136 valence electrons. The number of nitrogens with zero attached hydrogens (tertiary/aromatic N) is 6. The quantitative estimate of drug-likeness (QED) is 0.636. The number of likely N-dealkylation sites (tertiary alicyclic amines) is 1. The fourth-order valence-electron chi connectivity index (χ4n) is 3.33. The lowest BCUT2D eigenvalue weighted by Gasteiger charge is -2.33. The van der Waals surface area contributed by atoms with E-state index >= 15 is 0 Å². The third-order valence-corrected chi connectivity index (χ3v) is 4.59. The van der Waals surface area contributed by atoms with Crippen molar-refractivity contribution in [3.05, 3.63) is 30.4 Å². The number of imidazole rings is 1. The van der Waals surface area contributed by atoms with Gasteiger partial charge < -0.3 is 14.8 Å². The number of H-pyrrole nitrogens is 1. The van der Waals surface area contributed by atoms with E-state index < -0.39 is 0 Å². The van der Waals surface area contributed by atoms with Gasteiger partial charge in [0.15, 0.2) is 5.96 Å². The van der Waals surface area contributed by atoms with Crippen LogP contribution in [-0.2, 0) is 13.1 Å². The number of aliphatic imine (C=N–C) groups is 1. The molecule has 0 amide bonds. The molecule has 0 radical (unpaired) electrons. The van der Waals surface area contributed by atoms with E-state index in [1.165, 1.54) is 0 Å². The predicted octanol–water partition coefficient (Wildman–Crippen LogP) is 1.61. The molecule has 0 saturated carbocycles. The molecule has 8 heteroatoms. The van der Waals surface area contributed by atoms with Gasteiger partial charge in [-0.3, -0.25) is 10.1 Å². The van der Waals surface area contributed by atoms with E-state index in [1.807, 2.05) is 19.4 Å². The third-order valence-electron chi connectivity index (χ3n) is 4.59. The summed E-state index contributed by atoms with van der Waals surface area (Å²) in [6, 6.07) is 0. The van der Waals surface area contributed by atoms with Gasteiger partial charge in [-0.1, -0.05) is 13.8 Å². The van der Waals surface area contributed by atoms with Gasteiger partial charge in [-0.25, -0.2) is 9.97 Å². The molecule has 1 saturated heterocycles. The van der Waals surface area contributed by atoms with Gasteiger partial charge in [-0.05, 0) is 18.8 Å². The number of nitrogens with one attached hydrogen (secondary N) is 2. The maximum Gasteiger partial charge on any atom is 0.194 e. The van der Waals surface area contributed by atoms with Crippen molar-refractivity contribution in [3.63, 3.8) is 0 Å². The second-order valence-corrected chi connectivity index (χ2v) is 6.92. The highest BCUT2D eigenvalue weighted by molar-refractivity contribution is 5.79. The fourth-order valence-corrected chi connectivity index (χ4v) is 3.33. The van der Waals surface area contributed by atoms with Crippen molar-refractivity contribution in [2.75, 3.05) is 20.1 Å². The molecule has 0 bridgehead atoms. The van der Waals surface area contributed by atoms with Crippen LogP contribution in [0.1, 0.15) is 44.3 Å². The summed E-state index contributed by atoms with van der Waals surface area (Å²) in [6.07, 6.45) is 7.60. The molecule has 1 aliphatic heterocycles. The second-order valence-electron chi connectivity index (χ2n) is 6.92. The van der Waals surface area contributed by atoms with E-state index in [1.54, 1.807) is 6.33 Å². The maximum atomic E-state index is 4.47. The molecule has 0 atom stereocenters. The van der Waals surface area contributed by atoms with Gasteiger partial charge in [0.1, 0.15) is 18.0 Å². The van der Waals surface area contributed by atoms with Crippen molar-refractivity contribution in [2.24, 2.45) is 10.9 Å². The summed E-state index contributed by atoms with van der Waals surface area (Å²) >= 11 is 0. The first kappa shape index (κ1) is 17.4. The van der Waals surface area contributed by atoms with Crippen LogP contribution in [0.5, 0.6) is 0 Å². The van der Waals surface area contributed by atoms with Crippen LogP contribution >= 0.6 is 0 Å². The van der Waals surface area contributed by atoms with Crippen LogP contribution in [0.25, 0.3) is 0 Å². The molecule has 0 spiro atoms. The summed E-state index contributed by atoms with van der Waals surface area (Å²) in [7, 11) is 1.84. The van der Waals surface area contributed by atoms with E-state index in [4.69, 9.17) is 0 Å². The number of rotatable bonds is 5. The van der Waals surface area contributed by atoms with Crippen LogP contribution in [-0.4, -0.2) is 55.7 Å². The molecule has 2 aromatic heterocycles. The van der Waals surface area contributed by atoms with Gasteiger partial charge in [-0.2, -0.15) is 5.10 Å². The van der Waals surface area contributed by atoms with Crippen molar-refractivity contribution in [1.82, 2.24) is 34.9 Å². The Balaban J connectivity index is 1.53. The van der Waals surface area contributed by atoms with Gasteiger partial charge in [0.2, 0.25) is 0 Å². The first-order valence-corrected chi connectivity index (χ1v) is 8.98. The molecule has 8 nitrogen and oxygen atoms in total. The molecule has 3 heterocycles. The summed E-state index contributed by atoms with van der Waals surface area (Å²) < 4.78 is 2.21. The summed E-state index contributed by atoms with van der Waals surface area (Å²) in [4.78, 5) is 15.5. The molecule has 1 fully saturated rings. The van der Waals surface area contributed by atoms with Gasteiger partial charge >= 0.3 is 0 Å². The molecule has 1 aliphatic rings. The molecular weight excluding hydrogens is 316 g/mol. The lowest BCUT2D eigenvalue weighted by Crippen LogP contribution is -2.45. The number of hydrogen-bond donors (Lipinski definition) is 2. The van der Waals surface area contributed by atoms with E-state index in [0.717, 1.165) is 50.1 Å². The van der Waals surface area contributed by atoms with Crippen molar-refractivity contribution < 1.29 is 0 Å². The van der Waals surface area contributed by atoms with Crippen molar-refractivity contribution in [1.29, 1.82) is 0 Å².